The van der Waals surface area contributed by atoms with Gasteiger partial charge in [0.2, 0.25) is 5.91 Å². The van der Waals surface area contributed by atoms with Crippen LogP contribution in [0.2, 0.25) is 5.02 Å². The third kappa shape index (κ3) is 3.68. The van der Waals surface area contributed by atoms with Gasteiger partial charge in [0.1, 0.15) is 0 Å². The van der Waals surface area contributed by atoms with Gasteiger partial charge >= 0.3 is 0 Å². The van der Waals surface area contributed by atoms with Crippen molar-refractivity contribution in [3.63, 3.8) is 0 Å². The number of aromatic nitrogens is 4. The molecule has 1 N–H and O–H groups in total. The number of aryl methyl sites for hydroxylation is 2. The van der Waals surface area contributed by atoms with Gasteiger partial charge in [-0.25, -0.2) is 4.98 Å². The molecule has 124 valence electrons. The molecule has 3 aromatic rings. The maximum Gasteiger partial charge on any atom is 0.256 e. The largest absolute Gasteiger partial charge is 0.351 e. The van der Waals surface area contributed by atoms with Gasteiger partial charge in [-0.1, -0.05) is 41.6 Å². The van der Waals surface area contributed by atoms with E-state index in [1.54, 1.807) is 6.07 Å². The number of amides is 1. The molecule has 8 heteroatoms. The van der Waals surface area contributed by atoms with Crippen LogP contribution in [-0.4, -0.2) is 31.2 Å². The molecule has 2 aromatic heterocycles. The molecular weight excluding hydrogens is 346 g/mol. The number of fused-ring (bicyclic) bond motifs is 1. The summed E-state index contributed by atoms with van der Waals surface area (Å²) in [7, 11) is 0. The van der Waals surface area contributed by atoms with Crippen LogP contribution in [0.4, 0.5) is 0 Å². The molecule has 0 unspecified atom stereocenters. The van der Waals surface area contributed by atoms with E-state index in [-0.39, 0.29) is 11.7 Å². The minimum atomic E-state index is -0.0885. The molecule has 1 amide bonds. The highest BCUT2D eigenvalue weighted by Crippen LogP contribution is 2.18. The summed E-state index contributed by atoms with van der Waals surface area (Å²) in [6.45, 7) is 4.28. The first-order valence-electron chi connectivity index (χ1n) is 7.37. The Morgan fingerprint density at radius 1 is 1.29 bits per heavy atom. The van der Waals surface area contributed by atoms with Gasteiger partial charge in [0.15, 0.2) is 5.16 Å². The number of hydrogen-bond donors (Lipinski definition) is 1. The SMILES string of the molecule is Cc1cc(C)n2c(SCC(=O)NCc3ccccc3Cl)nnc2n1. The predicted octanol–water partition coefficient (Wildman–Crippen LogP) is 2.80. The van der Waals surface area contributed by atoms with Crippen LogP contribution in [0.5, 0.6) is 0 Å². The standard InChI is InChI=1S/C16H16ClN5OS/c1-10-7-11(2)22-15(19-10)20-21-16(22)24-9-14(23)18-8-12-5-3-4-6-13(12)17/h3-7H,8-9H2,1-2H3,(H,18,23). The zero-order valence-electron chi connectivity index (χ0n) is 13.3. The molecule has 0 aliphatic carbocycles. The Morgan fingerprint density at radius 2 is 2.08 bits per heavy atom. The first-order chi connectivity index (χ1) is 11.5. The fourth-order valence-corrected chi connectivity index (χ4v) is 3.33. The molecule has 0 bridgehead atoms. The predicted molar refractivity (Wildman–Crippen MR) is 94.3 cm³/mol. The Morgan fingerprint density at radius 3 is 2.88 bits per heavy atom. The topological polar surface area (TPSA) is 72.2 Å². The Bertz CT molecular complexity index is 895. The fraction of sp³-hybridized carbons (Fsp3) is 0.250. The van der Waals surface area contributed by atoms with Crippen molar-refractivity contribution in [2.24, 2.45) is 0 Å². The van der Waals surface area contributed by atoms with Gasteiger partial charge < -0.3 is 5.32 Å². The van der Waals surface area contributed by atoms with Gasteiger partial charge in [-0.2, -0.15) is 0 Å². The van der Waals surface area contributed by atoms with Gasteiger partial charge in [0.05, 0.1) is 5.75 Å². The summed E-state index contributed by atoms with van der Waals surface area (Å²) in [4.78, 5) is 16.4. The molecule has 0 aliphatic rings. The second-order valence-electron chi connectivity index (χ2n) is 5.31. The van der Waals surface area contributed by atoms with E-state index in [4.69, 9.17) is 11.6 Å². The Kier molecular flexibility index (Phi) is 5.01. The van der Waals surface area contributed by atoms with Gasteiger partial charge in [-0.05, 0) is 31.5 Å². The Hall–Kier alpha value is -2.12. The number of carbonyl (C=O) groups is 1. The van der Waals surface area contributed by atoms with Gasteiger partial charge in [-0.3, -0.25) is 9.20 Å². The average Bonchev–Trinajstić information content (AvgIpc) is 2.95. The molecule has 0 spiro atoms. The van der Waals surface area contributed by atoms with Crippen LogP contribution >= 0.6 is 23.4 Å². The van der Waals surface area contributed by atoms with E-state index in [2.05, 4.69) is 20.5 Å². The van der Waals surface area contributed by atoms with E-state index in [0.29, 0.717) is 22.5 Å². The monoisotopic (exact) mass is 361 g/mol. The second-order valence-corrected chi connectivity index (χ2v) is 6.66. The third-order valence-electron chi connectivity index (χ3n) is 3.43. The van der Waals surface area contributed by atoms with Crippen molar-refractivity contribution in [3.05, 3.63) is 52.3 Å². The van der Waals surface area contributed by atoms with Crippen LogP contribution < -0.4 is 5.32 Å². The van der Waals surface area contributed by atoms with E-state index in [9.17, 15) is 4.79 Å². The summed E-state index contributed by atoms with van der Waals surface area (Å²) >= 11 is 7.40. The van der Waals surface area contributed by atoms with Crippen molar-refractivity contribution in [2.75, 3.05) is 5.75 Å². The van der Waals surface area contributed by atoms with E-state index >= 15 is 0 Å². The summed E-state index contributed by atoms with van der Waals surface area (Å²) in [6.07, 6.45) is 0. The van der Waals surface area contributed by atoms with E-state index in [0.717, 1.165) is 17.0 Å². The van der Waals surface area contributed by atoms with Crippen molar-refractivity contribution in [1.29, 1.82) is 0 Å². The molecule has 0 saturated heterocycles. The van der Waals surface area contributed by atoms with Gasteiger partial charge in [0.25, 0.3) is 5.78 Å². The quantitative estimate of drug-likeness (QED) is 0.707. The molecule has 2 heterocycles. The van der Waals surface area contributed by atoms with Crippen LogP contribution in [-0.2, 0) is 11.3 Å². The highest BCUT2D eigenvalue weighted by Gasteiger charge is 2.12. The second kappa shape index (κ2) is 7.19. The van der Waals surface area contributed by atoms with Crippen molar-refractivity contribution in [3.8, 4) is 0 Å². The summed E-state index contributed by atoms with van der Waals surface area (Å²) < 4.78 is 1.85. The minimum Gasteiger partial charge on any atom is -0.351 e. The zero-order chi connectivity index (χ0) is 17.1. The molecule has 3 rings (SSSR count). The molecule has 0 saturated carbocycles. The lowest BCUT2D eigenvalue weighted by Gasteiger charge is -2.07. The maximum absolute atomic E-state index is 12.0. The van der Waals surface area contributed by atoms with Crippen LogP contribution in [0, 0.1) is 13.8 Å². The highest BCUT2D eigenvalue weighted by atomic mass is 35.5. The highest BCUT2D eigenvalue weighted by molar-refractivity contribution is 7.99. The van der Waals surface area contributed by atoms with Gasteiger partial charge in [-0.15, -0.1) is 10.2 Å². The summed E-state index contributed by atoms with van der Waals surface area (Å²) in [5.74, 6) is 0.708. The molecule has 1 aromatic carbocycles. The van der Waals surface area contributed by atoms with Crippen LogP contribution in [0.25, 0.3) is 5.78 Å². The molecule has 0 atom stereocenters. The number of hydrogen-bond acceptors (Lipinski definition) is 5. The lowest BCUT2D eigenvalue weighted by atomic mass is 10.2. The van der Waals surface area contributed by atoms with E-state index in [1.165, 1.54) is 11.8 Å². The number of thioether (sulfide) groups is 1. The summed E-state index contributed by atoms with van der Waals surface area (Å²) in [5, 5.41) is 12.3. The van der Waals surface area contributed by atoms with Crippen molar-refractivity contribution >= 4 is 35.0 Å². The van der Waals surface area contributed by atoms with Crippen LogP contribution in [0.3, 0.4) is 0 Å². The molecule has 6 nitrogen and oxygen atoms in total. The molecule has 0 radical (unpaired) electrons. The van der Waals surface area contributed by atoms with Crippen molar-refractivity contribution in [1.82, 2.24) is 24.9 Å². The third-order valence-corrected chi connectivity index (χ3v) is 4.73. The fourth-order valence-electron chi connectivity index (χ4n) is 2.31. The maximum atomic E-state index is 12.0. The van der Waals surface area contributed by atoms with E-state index in [1.807, 2.05) is 42.5 Å². The smallest absolute Gasteiger partial charge is 0.256 e. The summed E-state index contributed by atoms with van der Waals surface area (Å²) in [6, 6.07) is 9.40. The molecular formula is C16H16ClN5OS. The van der Waals surface area contributed by atoms with Crippen molar-refractivity contribution < 1.29 is 4.79 Å². The number of benzene rings is 1. The normalized spacial score (nSPS) is 11.0. The number of carbonyl (C=O) groups excluding carboxylic acids is 1. The first-order valence-corrected chi connectivity index (χ1v) is 8.73. The first kappa shape index (κ1) is 16.7. The molecule has 0 fully saturated rings. The molecule has 0 aliphatic heterocycles. The van der Waals surface area contributed by atoms with Gasteiger partial charge in [0, 0.05) is 23.0 Å². The Balaban J connectivity index is 1.62. The Labute approximate surface area is 148 Å². The zero-order valence-corrected chi connectivity index (χ0v) is 14.9. The number of rotatable bonds is 5. The summed E-state index contributed by atoms with van der Waals surface area (Å²) in [5.41, 5.74) is 2.77. The van der Waals surface area contributed by atoms with Crippen LogP contribution in [0.15, 0.2) is 35.5 Å². The molecule has 24 heavy (non-hydrogen) atoms. The number of halogens is 1. The lowest BCUT2D eigenvalue weighted by Crippen LogP contribution is -2.24. The minimum absolute atomic E-state index is 0.0885. The van der Waals surface area contributed by atoms with Crippen LogP contribution in [0.1, 0.15) is 17.0 Å². The van der Waals surface area contributed by atoms with Crippen molar-refractivity contribution in [2.45, 2.75) is 25.5 Å². The van der Waals surface area contributed by atoms with E-state index < -0.39 is 0 Å². The average molecular weight is 362 g/mol. The number of nitrogens with one attached hydrogen (secondary N) is 1. The number of nitrogens with zero attached hydrogens (tertiary/aromatic N) is 4. The lowest BCUT2D eigenvalue weighted by molar-refractivity contribution is -0.118.